The molecule has 2 aliphatic rings. The van der Waals surface area contributed by atoms with Crippen LogP contribution in [0.25, 0.3) is 0 Å². The number of alkyl carbamates (subject to hydrolysis) is 1. The third kappa shape index (κ3) is 14.1. The van der Waals surface area contributed by atoms with Crippen LogP contribution in [0.1, 0.15) is 83.8 Å². The lowest BCUT2D eigenvalue weighted by Crippen LogP contribution is -2.62. The molecule has 0 bridgehead atoms. The molecule has 1 saturated carbocycles. The average molecular weight is 821 g/mol. The van der Waals surface area contributed by atoms with Crippen LogP contribution in [0.2, 0.25) is 0 Å². The number of likely N-dealkylation sites (tertiary alicyclic amines) is 1. The molecule has 2 aromatic rings. The first-order valence-corrected chi connectivity index (χ1v) is 20.9. The van der Waals surface area contributed by atoms with Gasteiger partial charge in [0, 0.05) is 13.1 Å². The van der Waals surface area contributed by atoms with Crippen molar-refractivity contribution < 1.29 is 43.3 Å². The molecule has 15 heteroatoms. The van der Waals surface area contributed by atoms with Gasteiger partial charge in [0.2, 0.25) is 23.6 Å². The van der Waals surface area contributed by atoms with Gasteiger partial charge < -0.3 is 41.6 Å². The van der Waals surface area contributed by atoms with Crippen LogP contribution in [-0.2, 0) is 46.5 Å². The van der Waals surface area contributed by atoms with Gasteiger partial charge in [0.25, 0.3) is 0 Å². The summed E-state index contributed by atoms with van der Waals surface area (Å²) in [5.74, 6) is -2.91. The van der Waals surface area contributed by atoms with Gasteiger partial charge in [0.05, 0.1) is 31.7 Å². The van der Waals surface area contributed by atoms with Gasteiger partial charge >= 0.3 is 12.1 Å². The highest BCUT2D eigenvalue weighted by Crippen LogP contribution is 2.39. The van der Waals surface area contributed by atoms with Gasteiger partial charge in [0.15, 0.2) is 0 Å². The maximum Gasteiger partial charge on any atom is 0.408 e. The van der Waals surface area contributed by atoms with Gasteiger partial charge in [-0.15, -0.1) is 0 Å². The fourth-order valence-corrected chi connectivity index (χ4v) is 8.11. The van der Waals surface area contributed by atoms with Gasteiger partial charge in [-0.3, -0.25) is 24.1 Å². The second kappa shape index (κ2) is 22.9. The number of benzene rings is 2. The summed E-state index contributed by atoms with van der Waals surface area (Å²) in [5.41, 5.74) is 7.03. The number of carbonyl (C=O) groups is 6. The van der Waals surface area contributed by atoms with Gasteiger partial charge in [-0.2, -0.15) is 0 Å². The number of aliphatic hydroxyl groups excluding tert-OH is 1. The van der Waals surface area contributed by atoms with E-state index in [2.05, 4.69) is 21.3 Å². The van der Waals surface area contributed by atoms with E-state index < -0.39 is 72.5 Å². The molecule has 7 N–H and O–H groups in total. The van der Waals surface area contributed by atoms with E-state index in [1.54, 1.807) is 38.1 Å². The summed E-state index contributed by atoms with van der Waals surface area (Å²) in [5, 5.41) is 23.2. The van der Waals surface area contributed by atoms with Crippen molar-refractivity contribution in [1.82, 2.24) is 26.2 Å². The van der Waals surface area contributed by atoms with Gasteiger partial charge in [-0.05, 0) is 54.1 Å². The Bertz CT molecular complexity index is 1700. The van der Waals surface area contributed by atoms with Crippen LogP contribution >= 0.6 is 0 Å². The molecular formula is C44H64N6O9. The Morgan fingerprint density at radius 2 is 1.46 bits per heavy atom. The van der Waals surface area contributed by atoms with Gasteiger partial charge in [-0.1, -0.05) is 114 Å². The molecule has 1 aliphatic carbocycles. The molecule has 5 amide bonds. The third-order valence-corrected chi connectivity index (χ3v) is 11.8. The predicted molar refractivity (Wildman–Crippen MR) is 221 cm³/mol. The number of β-amino-alcohol motifs (C(OH)–C–C–N with tert-alkyl or cyclic N) is 1. The van der Waals surface area contributed by atoms with Crippen molar-refractivity contribution in [2.24, 2.45) is 29.4 Å². The molecule has 0 aromatic heterocycles. The van der Waals surface area contributed by atoms with Crippen molar-refractivity contribution in [3.63, 3.8) is 0 Å². The number of primary amides is 1. The van der Waals surface area contributed by atoms with E-state index in [0.29, 0.717) is 25.3 Å². The van der Waals surface area contributed by atoms with E-state index in [1.165, 1.54) is 7.11 Å². The predicted octanol–water partition coefficient (Wildman–Crippen LogP) is 2.97. The van der Waals surface area contributed by atoms with E-state index in [-0.39, 0.29) is 43.2 Å². The fraction of sp³-hybridized carbons (Fsp3) is 0.591. The zero-order valence-electron chi connectivity index (χ0n) is 35.1. The highest BCUT2D eigenvalue weighted by Gasteiger charge is 2.43. The summed E-state index contributed by atoms with van der Waals surface area (Å²) in [7, 11) is 1.26. The first kappa shape index (κ1) is 46.7. The number of hydrogen-bond donors (Lipinski definition) is 6. The normalized spacial score (nSPS) is 21.0. The van der Waals surface area contributed by atoms with E-state index in [1.807, 2.05) is 55.1 Å². The van der Waals surface area contributed by atoms with Crippen molar-refractivity contribution in [1.29, 1.82) is 0 Å². The van der Waals surface area contributed by atoms with Crippen LogP contribution < -0.4 is 27.0 Å². The van der Waals surface area contributed by atoms with Crippen LogP contribution in [0.5, 0.6) is 0 Å². The molecule has 1 aliphatic heterocycles. The first-order valence-electron chi connectivity index (χ1n) is 20.9. The summed E-state index contributed by atoms with van der Waals surface area (Å²) in [4.78, 5) is 81.4. The van der Waals surface area contributed by atoms with Crippen molar-refractivity contribution in [2.45, 2.75) is 122 Å². The first-order chi connectivity index (χ1) is 28.2. The maximum absolute atomic E-state index is 14.4. The minimum Gasteiger partial charge on any atom is -0.467 e. The number of nitrogens with one attached hydrogen (secondary N) is 4. The van der Waals surface area contributed by atoms with Crippen LogP contribution in [0.4, 0.5) is 4.79 Å². The smallest absolute Gasteiger partial charge is 0.408 e. The molecular weight excluding hydrogens is 757 g/mol. The molecule has 0 unspecified atom stereocenters. The SMILES string of the molecule is CC[C@H](C)[C@H](NC(=O)[C@@H]1C[C@@H]2CCCC[C@@H]2CN1C[C@H](O)[C@H](Cc1ccccc1)NC(=O)[C@H](CC(N)=O)NC(=O)OCc1ccccc1)C(=O)N[C@H](C(=O)OC)C(C)C. The number of aliphatic hydroxyl groups is 1. The molecule has 15 nitrogen and oxygen atoms in total. The minimum absolute atomic E-state index is 0.00405. The molecule has 59 heavy (non-hydrogen) atoms. The van der Waals surface area contributed by atoms with E-state index in [9.17, 15) is 33.9 Å². The molecule has 0 spiro atoms. The molecule has 324 valence electrons. The van der Waals surface area contributed by atoms with Crippen LogP contribution in [-0.4, -0.2) is 102 Å². The quantitative estimate of drug-likeness (QED) is 0.107. The summed E-state index contributed by atoms with van der Waals surface area (Å²) >= 11 is 0. The Balaban J connectivity index is 1.56. The lowest BCUT2D eigenvalue weighted by molar-refractivity contribution is -0.147. The number of nitrogens with two attached hydrogens (primary N) is 1. The topological polar surface area (TPSA) is 218 Å². The van der Waals surface area contributed by atoms with Crippen LogP contribution in [0, 0.1) is 23.7 Å². The summed E-state index contributed by atoms with van der Waals surface area (Å²) in [6, 6.07) is 13.4. The molecule has 2 aromatic carbocycles. The van der Waals surface area contributed by atoms with Crippen LogP contribution in [0.15, 0.2) is 60.7 Å². The monoisotopic (exact) mass is 820 g/mol. The van der Waals surface area contributed by atoms with Gasteiger partial charge in [0.1, 0.15) is 24.7 Å². The van der Waals surface area contributed by atoms with Gasteiger partial charge in [-0.25, -0.2) is 9.59 Å². The highest BCUT2D eigenvalue weighted by atomic mass is 16.5. The van der Waals surface area contributed by atoms with Crippen molar-refractivity contribution in [3.05, 3.63) is 71.8 Å². The lowest BCUT2D eigenvalue weighted by atomic mass is 9.72. The van der Waals surface area contributed by atoms with E-state index in [0.717, 1.165) is 36.8 Å². The molecule has 0 radical (unpaired) electrons. The molecule has 1 heterocycles. The van der Waals surface area contributed by atoms with Crippen molar-refractivity contribution in [2.75, 3.05) is 20.2 Å². The second-order valence-electron chi connectivity index (χ2n) is 16.4. The minimum atomic E-state index is -1.39. The number of rotatable bonds is 20. The Hall–Kier alpha value is -5.02. The van der Waals surface area contributed by atoms with E-state index >= 15 is 0 Å². The Morgan fingerprint density at radius 1 is 0.831 bits per heavy atom. The summed E-state index contributed by atoms with van der Waals surface area (Å²) < 4.78 is 10.2. The Morgan fingerprint density at radius 3 is 2.05 bits per heavy atom. The third-order valence-electron chi connectivity index (χ3n) is 11.8. The standard InChI is InChI=1S/C44H64N6O9/c1-6-28(4)39(42(55)48-38(27(2)3)43(56)58-5)49-41(54)35-22-31-19-13-14-20-32(31)24-50(35)25-36(51)33(21-29-15-9-7-10-16-29)46-40(53)34(23-37(45)52)47-44(57)59-26-30-17-11-8-12-18-30/h7-12,15-18,27-28,31-36,38-39,51H,6,13-14,19-26H2,1-5H3,(H2,45,52)(H,46,53)(H,47,57)(H,48,55)(H,49,54)/t28-,31-,32+,33-,34-,35-,36-,38-,39-/m0/s1. The Kier molecular flexibility index (Phi) is 18.2. The largest absolute Gasteiger partial charge is 0.467 e. The van der Waals surface area contributed by atoms with E-state index in [4.69, 9.17) is 15.2 Å². The number of piperidine rings is 1. The number of hydrogen-bond acceptors (Lipinski definition) is 10. The molecule has 4 rings (SSSR count). The van der Waals surface area contributed by atoms with Crippen molar-refractivity contribution >= 4 is 35.7 Å². The Labute approximate surface area is 347 Å². The summed E-state index contributed by atoms with van der Waals surface area (Å²) in [6.07, 6.45) is 2.74. The van der Waals surface area contributed by atoms with Crippen molar-refractivity contribution in [3.8, 4) is 0 Å². The number of amides is 5. The number of carbonyl (C=O) groups excluding carboxylic acids is 6. The number of methoxy groups -OCH3 is 1. The zero-order chi connectivity index (χ0) is 43.1. The fourth-order valence-electron chi connectivity index (χ4n) is 8.11. The zero-order valence-corrected chi connectivity index (χ0v) is 35.1. The molecule has 1 saturated heterocycles. The number of nitrogens with zero attached hydrogens (tertiary/aromatic N) is 1. The molecule has 2 fully saturated rings. The number of ether oxygens (including phenoxy) is 2. The number of fused-ring (bicyclic) bond motifs is 1. The van der Waals surface area contributed by atoms with Crippen LogP contribution in [0.3, 0.4) is 0 Å². The molecule has 9 atom stereocenters. The number of esters is 1. The average Bonchev–Trinajstić information content (AvgIpc) is 3.22. The summed E-state index contributed by atoms with van der Waals surface area (Å²) in [6.45, 7) is 7.86. The highest BCUT2D eigenvalue weighted by molar-refractivity contribution is 5.92. The lowest BCUT2D eigenvalue weighted by Gasteiger charge is -2.47. The maximum atomic E-state index is 14.4. The second-order valence-corrected chi connectivity index (χ2v) is 16.4.